The van der Waals surface area contributed by atoms with E-state index in [-0.39, 0.29) is 23.7 Å². The summed E-state index contributed by atoms with van der Waals surface area (Å²) in [7, 11) is 0. The van der Waals surface area contributed by atoms with Gasteiger partial charge < -0.3 is 14.9 Å². The van der Waals surface area contributed by atoms with E-state index in [0.717, 1.165) is 0 Å². The van der Waals surface area contributed by atoms with Crippen molar-refractivity contribution < 1.29 is 29.3 Å². The Bertz CT molecular complexity index is 450. The number of carboxylic acids is 1. The van der Waals surface area contributed by atoms with Crippen molar-refractivity contribution in [1.29, 1.82) is 0 Å². The molecular weight excluding hydrogens is 264 g/mol. The molecule has 0 aromatic heterocycles. The molecule has 6 heteroatoms. The molecule has 0 unspecified atom stereocenters. The summed E-state index contributed by atoms with van der Waals surface area (Å²) in [6.07, 6.45) is 1.42. The van der Waals surface area contributed by atoms with Gasteiger partial charge in [-0.1, -0.05) is 0 Å². The molecule has 2 N–H and O–H groups in total. The molecule has 2 fully saturated rings. The van der Waals surface area contributed by atoms with Gasteiger partial charge in [-0.2, -0.15) is 0 Å². The van der Waals surface area contributed by atoms with Crippen molar-refractivity contribution in [3.63, 3.8) is 0 Å². The predicted octanol–water partition coefficient (Wildman–Crippen LogP) is 1.59. The average Bonchev–Trinajstić information content (AvgIpc) is 2.37. The van der Waals surface area contributed by atoms with E-state index in [1.54, 1.807) is 6.92 Å². The molecule has 0 aromatic rings. The van der Waals surface area contributed by atoms with E-state index < -0.39 is 29.7 Å². The zero-order valence-corrected chi connectivity index (χ0v) is 11.3. The van der Waals surface area contributed by atoms with E-state index in [9.17, 15) is 19.5 Å². The van der Waals surface area contributed by atoms with Gasteiger partial charge in [-0.25, -0.2) is 4.79 Å². The highest BCUT2D eigenvalue weighted by Gasteiger charge is 2.36. The molecule has 0 radical (unpaired) electrons. The van der Waals surface area contributed by atoms with Crippen LogP contribution in [0.4, 0.5) is 0 Å². The van der Waals surface area contributed by atoms with Crippen molar-refractivity contribution in [2.45, 2.75) is 45.1 Å². The van der Waals surface area contributed by atoms with E-state index in [0.29, 0.717) is 25.7 Å². The van der Waals surface area contributed by atoms with Crippen LogP contribution in [-0.2, 0) is 19.1 Å². The number of Topliss-reactive ketones (excluding diaryl/α,β-unsaturated/α-hetero) is 1. The first-order chi connectivity index (χ1) is 9.40. The largest absolute Gasteiger partial charge is 0.511 e. The van der Waals surface area contributed by atoms with Crippen LogP contribution in [0.3, 0.4) is 0 Å². The number of hydrogen-bond donors (Lipinski definition) is 2. The number of allylic oxidation sites excluding steroid dienone is 1. The highest BCUT2D eigenvalue weighted by atomic mass is 16.5. The molecule has 1 aliphatic heterocycles. The Kier molecular flexibility index (Phi) is 4.11. The standard InChI is InChI=1S/C14H18O6/c1-7-6-10(15)11(14(19)20-7)12(16)8-2-4-9(5-3-8)13(17)18/h7-9,16H,2-6H2,1H3,(H,17,18)/b12-11+/t7-,8?,9?/m1/s1. The Morgan fingerprint density at radius 2 is 1.65 bits per heavy atom. The number of esters is 1. The molecule has 1 saturated carbocycles. The Balaban J connectivity index is 2.12. The molecule has 2 rings (SSSR count). The quantitative estimate of drug-likeness (QED) is 0.345. The van der Waals surface area contributed by atoms with Crippen LogP contribution >= 0.6 is 0 Å². The number of ether oxygens (including phenoxy) is 1. The third-order valence-electron chi connectivity index (χ3n) is 3.98. The number of aliphatic hydroxyl groups is 1. The van der Waals surface area contributed by atoms with Crippen LogP contribution in [0.5, 0.6) is 0 Å². The van der Waals surface area contributed by atoms with Gasteiger partial charge in [0.25, 0.3) is 0 Å². The third-order valence-corrected chi connectivity index (χ3v) is 3.98. The van der Waals surface area contributed by atoms with Crippen LogP contribution in [0.1, 0.15) is 39.0 Å². The second kappa shape index (κ2) is 5.64. The fourth-order valence-corrected chi connectivity index (χ4v) is 2.83. The highest BCUT2D eigenvalue weighted by molar-refractivity contribution is 6.19. The number of aliphatic carboxylic acids is 1. The monoisotopic (exact) mass is 282 g/mol. The summed E-state index contributed by atoms with van der Waals surface area (Å²) in [5.41, 5.74) is -0.248. The molecule has 110 valence electrons. The zero-order chi connectivity index (χ0) is 14.9. The number of aliphatic hydroxyl groups excluding tert-OH is 1. The maximum absolute atomic E-state index is 11.9. The SMILES string of the molecule is C[C@@H]1CC(=O)/C(=C(\O)C2CCC(C(=O)O)CC2)C(=O)O1. The minimum Gasteiger partial charge on any atom is -0.511 e. The molecule has 0 spiro atoms. The zero-order valence-electron chi connectivity index (χ0n) is 11.3. The third kappa shape index (κ3) is 2.84. The van der Waals surface area contributed by atoms with Crippen LogP contribution in [-0.4, -0.2) is 34.0 Å². The Hall–Kier alpha value is -1.85. The van der Waals surface area contributed by atoms with Crippen LogP contribution in [0.2, 0.25) is 0 Å². The van der Waals surface area contributed by atoms with Gasteiger partial charge in [-0.05, 0) is 32.6 Å². The van der Waals surface area contributed by atoms with Gasteiger partial charge in [0.15, 0.2) is 5.78 Å². The lowest BCUT2D eigenvalue weighted by molar-refractivity contribution is -0.150. The van der Waals surface area contributed by atoms with Crippen LogP contribution in [0.15, 0.2) is 11.3 Å². The Morgan fingerprint density at radius 1 is 1.10 bits per heavy atom. The van der Waals surface area contributed by atoms with Crippen molar-refractivity contribution in [3.05, 3.63) is 11.3 Å². The summed E-state index contributed by atoms with van der Waals surface area (Å²) in [6, 6.07) is 0. The van der Waals surface area contributed by atoms with Crippen molar-refractivity contribution in [3.8, 4) is 0 Å². The molecule has 1 atom stereocenters. The molecule has 2 aliphatic rings. The summed E-state index contributed by atoms with van der Waals surface area (Å²) < 4.78 is 4.97. The number of carbonyl (C=O) groups excluding carboxylic acids is 2. The minimum absolute atomic E-state index is 0.0790. The summed E-state index contributed by atoms with van der Waals surface area (Å²) in [5.74, 6) is -2.96. The fourth-order valence-electron chi connectivity index (χ4n) is 2.83. The van der Waals surface area contributed by atoms with Crippen molar-refractivity contribution in [2.75, 3.05) is 0 Å². The topological polar surface area (TPSA) is 101 Å². The first kappa shape index (κ1) is 14.6. The van der Waals surface area contributed by atoms with E-state index in [2.05, 4.69) is 0 Å². The Labute approximate surface area is 116 Å². The molecule has 1 heterocycles. The van der Waals surface area contributed by atoms with E-state index in [4.69, 9.17) is 9.84 Å². The van der Waals surface area contributed by atoms with E-state index in [1.807, 2.05) is 0 Å². The van der Waals surface area contributed by atoms with Gasteiger partial charge in [0.05, 0.1) is 5.92 Å². The maximum atomic E-state index is 11.9. The van der Waals surface area contributed by atoms with Gasteiger partial charge in [-0.3, -0.25) is 9.59 Å². The van der Waals surface area contributed by atoms with Crippen LogP contribution in [0.25, 0.3) is 0 Å². The number of hydrogen-bond acceptors (Lipinski definition) is 5. The summed E-state index contributed by atoms with van der Waals surface area (Å²) >= 11 is 0. The van der Waals surface area contributed by atoms with Gasteiger partial charge >= 0.3 is 11.9 Å². The van der Waals surface area contributed by atoms with Gasteiger partial charge in [0.1, 0.15) is 17.4 Å². The van der Waals surface area contributed by atoms with E-state index >= 15 is 0 Å². The number of rotatable bonds is 2. The molecule has 6 nitrogen and oxygen atoms in total. The predicted molar refractivity (Wildman–Crippen MR) is 67.9 cm³/mol. The second-order valence-corrected chi connectivity index (χ2v) is 5.49. The molecule has 1 aliphatic carbocycles. The first-order valence-corrected chi connectivity index (χ1v) is 6.80. The smallest absolute Gasteiger partial charge is 0.345 e. The summed E-state index contributed by atoms with van der Waals surface area (Å²) in [4.78, 5) is 34.4. The van der Waals surface area contributed by atoms with E-state index in [1.165, 1.54) is 0 Å². The van der Waals surface area contributed by atoms with Crippen molar-refractivity contribution >= 4 is 17.7 Å². The fraction of sp³-hybridized carbons (Fsp3) is 0.643. The van der Waals surface area contributed by atoms with Crippen molar-refractivity contribution in [2.24, 2.45) is 11.8 Å². The average molecular weight is 282 g/mol. The van der Waals surface area contributed by atoms with Crippen LogP contribution < -0.4 is 0 Å². The molecule has 20 heavy (non-hydrogen) atoms. The molecule has 0 amide bonds. The van der Waals surface area contributed by atoms with Gasteiger partial charge in [-0.15, -0.1) is 0 Å². The molecule has 0 aromatic carbocycles. The lowest BCUT2D eigenvalue weighted by Gasteiger charge is -2.28. The number of carboxylic acid groups (broad SMARTS) is 1. The highest BCUT2D eigenvalue weighted by Crippen LogP contribution is 2.35. The molecule has 0 bridgehead atoms. The summed E-state index contributed by atoms with van der Waals surface area (Å²) in [6.45, 7) is 1.63. The molecule has 1 saturated heterocycles. The first-order valence-electron chi connectivity index (χ1n) is 6.80. The minimum atomic E-state index is -0.836. The van der Waals surface area contributed by atoms with Gasteiger partial charge in [0, 0.05) is 12.3 Å². The lowest BCUT2D eigenvalue weighted by Crippen LogP contribution is -2.33. The number of carbonyl (C=O) groups is 3. The number of ketones is 1. The second-order valence-electron chi connectivity index (χ2n) is 5.49. The van der Waals surface area contributed by atoms with Crippen molar-refractivity contribution in [1.82, 2.24) is 0 Å². The Morgan fingerprint density at radius 3 is 2.15 bits per heavy atom. The van der Waals surface area contributed by atoms with Gasteiger partial charge in [0.2, 0.25) is 0 Å². The summed E-state index contributed by atoms with van der Waals surface area (Å²) in [5, 5.41) is 19.1. The van der Waals surface area contributed by atoms with Crippen LogP contribution in [0, 0.1) is 11.8 Å². The maximum Gasteiger partial charge on any atom is 0.345 e. The molecular formula is C14H18O6. The number of cyclic esters (lactones) is 1. The lowest BCUT2D eigenvalue weighted by atomic mass is 9.79. The normalized spacial score (nSPS) is 33.5.